The van der Waals surface area contributed by atoms with E-state index in [1.807, 2.05) is 6.92 Å². The Morgan fingerprint density at radius 1 is 1.27 bits per heavy atom. The summed E-state index contributed by atoms with van der Waals surface area (Å²) in [6, 6.07) is 9.50. The van der Waals surface area contributed by atoms with Crippen LogP contribution in [0.1, 0.15) is 25.2 Å². The highest BCUT2D eigenvalue weighted by atomic mass is 35.5. The molecule has 132 valence electrons. The number of hydrogen-bond acceptors (Lipinski definition) is 3. The van der Waals surface area contributed by atoms with E-state index in [0.717, 1.165) is 0 Å². The number of nitrogens with zero attached hydrogens (tertiary/aromatic N) is 2. The van der Waals surface area contributed by atoms with Gasteiger partial charge in [0.1, 0.15) is 11.6 Å². The monoisotopic (exact) mass is 370 g/mol. The Bertz CT molecular complexity index is 1090. The summed E-state index contributed by atoms with van der Waals surface area (Å²) >= 11 is 5.93. The van der Waals surface area contributed by atoms with Crippen molar-refractivity contribution < 1.29 is 9.18 Å². The highest BCUT2D eigenvalue weighted by Gasteiger charge is 2.14. The number of ketones is 1. The first-order valence-corrected chi connectivity index (χ1v) is 8.48. The van der Waals surface area contributed by atoms with Gasteiger partial charge in [-0.2, -0.15) is 0 Å². The van der Waals surface area contributed by atoms with Crippen molar-refractivity contribution in [3.05, 3.63) is 75.1 Å². The van der Waals surface area contributed by atoms with Gasteiger partial charge in [0.25, 0.3) is 5.56 Å². The predicted molar refractivity (Wildman–Crippen MR) is 101 cm³/mol. The second-order valence-corrected chi connectivity index (χ2v) is 6.27. The molecular formula is C20H16ClFN2O2. The third kappa shape index (κ3) is 3.44. The van der Waals surface area contributed by atoms with Crippen molar-refractivity contribution in [3.63, 3.8) is 0 Å². The largest absolute Gasteiger partial charge is 0.295 e. The van der Waals surface area contributed by atoms with Crippen molar-refractivity contribution in [2.24, 2.45) is 0 Å². The van der Waals surface area contributed by atoms with E-state index in [2.05, 4.69) is 4.98 Å². The van der Waals surface area contributed by atoms with E-state index >= 15 is 0 Å². The zero-order chi connectivity index (χ0) is 18.8. The summed E-state index contributed by atoms with van der Waals surface area (Å²) in [6.07, 6.45) is 3.12. The summed E-state index contributed by atoms with van der Waals surface area (Å²) in [6.45, 7) is 3.25. The van der Waals surface area contributed by atoms with Crippen LogP contribution in [-0.2, 0) is 11.2 Å². The lowest BCUT2D eigenvalue weighted by molar-refractivity contribution is -0.112. The molecule has 0 aliphatic heterocycles. The molecule has 3 rings (SSSR count). The van der Waals surface area contributed by atoms with Gasteiger partial charge in [0, 0.05) is 23.1 Å². The minimum atomic E-state index is -0.534. The summed E-state index contributed by atoms with van der Waals surface area (Å²) < 4.78 is 15.8. The smallest absolute Gasteiger partial charge is 0.265 e. The first-order valence-electron chi connectivity index (χ1n) is 8.10. The number of aryl methyl sites for hydroxylation is 1. The summed E-state index contributed by atoms with van der Waals surface area (Å²) in [5.74, 6) is -0.216. The van der Waals surface area contributed by atoms with Crippen LogP contribution in [0.3, 0.4) is 0 Å². The van der Waals surface area contributed by atoms with Gasteiger partial charge in [0.2, 0.25) is 0 Å². The number of hydrogen-bond donors (Lipinski definition) is 0. The third-order valence-corrected chi connectivity index (χ3v) is 4.21. The standard InChI is InChI=1S/C20H16ClFN2O2/c1-3-19-23-18-11-17(22)13(5-4-12(2)25)10-16(18)20(26)24(19)15-8-6-14(21)7-9-15/h4-11H,3H2,1-2H3/b5-4+. The zero-order valence-electron chi connectivity index (χ0n) is 14.3. The Balaban J connectivity index is 2.30. The van der Waals surface area contributed by atoms with E-state index in [-0.39, 0.29) is 27.8 Å². The number of allylic oxidation sites excluding steroid dienone is 1. The van der Waals surface area contributed by atoms with Crippen LogP contribution in [0.5, 0.6) is 0 Å². The van der Waals surface area contributed by atoms with Crippen LogP contribution in [0.4, 0.5) is 4.39 Å². The number of benzene rings is 2. The van der Waals surface area contributed by atoms with Crippen LogP contribution in [0.2, 0.25) is 5.02 Å². The highest BCUT2D eigenvalue weighted by molar-refractivity contribution is 6.30. The Morgan fingerprint density at radius 2 is 1.96 bits per heavy atom. The van der Waals surface area contributed by atoms with Crippen LogP contribution in [-0.4, -0.2) is 15.3 Å². The van der Waals surface area contributed by atoms with Crippen LogP contribution in [0.15, 0.2) is 47.3 Å². The van der Waals surface area contributed by atoms with Gasteiger partial charge in [-0.3, -0.25) is 14.2 Å². The molecule has 2 aromatic carbocycles. The van der Waals surface area contributed by atoms with Gasteiger partial charge in [0.05, 0.1) is 16.6 Å². The van der Waals surface area contributed by atoms with Crippen molar-refractivity contribution in [1.29, 1.82) is 0 Å². The first-order chi connectivity index (χ1) is 12.4. The number of rotatable bonds is 4. The van der Waals surface area contributed by atoms with Gasteiger partial charge in [-0.15, -0.1) is 0 Å². The maximum absolute atomic E-state index is 14.3. The number of halogens is 2. The summed E-state index contributed by atoms with van der Waals surface area (Å²) in [5, 5.41) is 0.842. The maximum Gasteiger partial charge on any atom is 0.265 e. The summed E-state index contributed by atoms with van der Waals surface area (Å²) in [5.41, 5.74) is 0.787. The topological polar surface area (TPSA) is 52.0 Å². The fourth-order valence-corrected chi connectivity index (χ4v) is 2.82. The lowest BCUT2D eigenvalue weighted by Gasteiger charge is -2.13. The second-order valence-electron chi connectivity index (χ2n) is 5.83. The molecule has 26 heavy (non-hydrogen) atoms. The zero-order valence-corrected chi connectivity index (χ0v) is 15.0. The first kappa shape index (κ1) is 18.0. The molecule has 1 heterocycles. The Kier molecular flexibility index (Phi) is 5.00. The normalized spacial score (nSPS) is 11.4. The lowest BCUT2D eigenvalue weighted by atomic mass is 10.1. The van der Waals surface area contributed by atoms with Crippen LogP contribution in [0, 0.1) is 5.82 Å². The molecule has 0 N–H and O–H groups in total. The number of fused-ring (bicyclic) bond motifs is 1. The fraction of sp³-hybridized carbons (Fsp3) is 0.150. The van der Waals surface area contributed by atoms with E-state index in [9.17, 15) is 14.0 Å². The highest BCUT2D eigenvalue weighted by Crippen LogP contribution is 2.20. The number of carbonyl (C=O) groups excluding carboxylic acids is 1. The molecule has 0 aliphatic carbocycles. The lowest BCUT2D eigenvalue weighted by Crippen LogP contribution is -2.23. The minimum absolute atomic E-state index is 0.165. The van der Waals surface area contributed by atoms with Crippen molar-refractivity contribution in [2.75, 3.05) is 0 Å². The van der Waals surface area contributed by atoms with E-state index in [1.165, 1.54) is 35.8 Å². The fourth-order valence-electron chi connectivity index (χ4n) is 2.70. The molecule has 0 fully saturated rings. The molecule has 0 spiro atoms. The molecule has 0 saturated carbocycles. The predicted octanol–water partition coefficient (Wildman–Crippen LogP) is 4.34. The number of aromatic nitrogens is 2. The average molecular weight is 371 g/mol. The molecule has 3 aromatic rings. The summed E-state index contributed by atoms with van der Waals surface area (Å²) in [7, 11) is 0. The van der Waals surface area contributed by atoms with E-state index < -0.39 is 5.82 Å². The van der Waals surface area contributed by atoms with Gasteiger partial charge in [-0.1, -0.05) is 18.5 Å². The third-order valence-electron chi connectivity index (χ3n) is 3.95. The maximum atomic E-state index is 14.3. The summed E-state index contributed by atoms with van der Waals surface area (Å²) in [4.78, 5) is 28.6. The van der Waals surface area contributed by atoms with Crippen molar-refractivity contribution in [1.82, 2.24) is 9.55 Å². The molecular weight excluding hydrogens is 355 g/mol. The van der Waals surface area contributed by atoms with Gasteiger partial charge < -0.3 is 0 Å². The van der Waals surface area contributed by atoms with Crippen molar-refractivity contribution in [3.8, 4) is 5.69 Å². The average Bonchev–Trinajstić information content (AvgIpc) is 2.61. The van der Waals surface area contributed by atoms with Crippen LogP contribution >= 0.6 is 11.6 Å². The van der Waals surface area contributed by atoms with Crippen molar-refractivity contribution >= 4 is 34.4 Å². The second kappa shape index (κ2) is 7.22. The quantitative estimate of drug-likeness (QED) is 0.642. The molecule has 0 radical (unpaired) electrons. The van der Waals surface area contributed by atoms with E-state index in [1.54, 1.807) is 24.3 Å². The Labute approximate surface area is 154 Å². The molecule has 0 saturated heterocycles. The molecule has 6 heteroatoms. The van der Waals surface area contributed by atoms with Gasteiger partial charge in [-0.25, -0.2) is 9.37 Å². The molecule has 0 amide bonds. The van der Waals surface area contributed by atoms with Gasteiger partial charge in [0.15, 0.2) is 5.78 Å². The molecule has 0 atom stereocenters. The Morgan fingerprint density at radius 3 is 2.58 bits per heavy atom. The van der Waals surface area contributed by atoms with Crippen molar-refractivity contribution in [2.45, 2.75) is 20.3 Å². The molecule has 4 nitrogen and oxygen atoms in total. The van der Waals surface area contributed by atoms with E-state index in [4.69, 9.17) is 11.6 Å². The minimum Gasteiger partial charge on any atom is -0.295 e. The molecule has 0 aliphatic rings. The van der Waals surface area contributed by atoms with E-state index in [0.29, 0.717) is 23.0 Å². The Hall–Kier alpha value is -2.79. The van der Waals surface area contributed by atoms with Gasteiger partial charge in [-0.05, 0) is 49.4 Å². The van der Waals surface area contributed by atoms with Crippen LogP contribution < -0.4 is 5.56 Å². The van der Waals surface area contributed by atoms with Crippen LogP contribution in [0.25, 0.3) is 22.7 Å². The molecule has 0 unspecified atom stereocenters. The molecule has 1 aromatic heterocycles. The molecule has 0 bridgehead atoms. The van der Waals surface area contributed by atoms with Gasteiger partial charge >= 0.3 is 0 Å². The SMILES string of the molecule is CCc1nc2cc(F)c(/C=C/C(C)=O)cc2c(=O)n1-c1ccc(Cl)cc1. The number of carbonyl (C=O) groups is 1.